The normalized spacial score (nSPS) is 22.2. The van der Waals surface area contributed by atoms with E-state index in [-0.39, 0.29) is 11.2 Å². The van der Waals surface area contributed by atoms with Gasteiger partial charge in [0.15, 0.2) is 0 Å². The zero-order chi connectivity index (χ0) is 15.7. The lowest BCUT2D eigenvalue weighted by atomic mass is 9.92. The van der Waals surface area contributed by atoms with Crippen molar-refractivity contribution in [2.45, 2.75) is 55.7 Å². The molecule has 1 heterocycles. The Labute approximate surface area is 124 Å². The molecule has 1 aliphatic rings. The second kappa shape index (κ2) is 5.59. The highest BCUT2D eigenvalue weighted by atomic mass is 32.2. The SMILES string of the molecule is CC(C)(C)OC(=O)NC1CC(S(=O)(=O)c2ncccn2)C1. The summed E-state index contributed by atoms with van der Waals surface area (Å²) in [6.07, 6.45) is 2.96. The molecule has 0 unspecified atom stereocenters. The zero-order valence-electron chi connectivity index (χ0n) is 12.2. The molecule has 0 aromatic carbocycles. The number of sulfone groups is 1. The van der Waals surface area contributed by atoms with Gasteiger partial charge in [0.1, 0.15) is 5.60 Å². The topological polar surface area (TPSA) is 98.2 Å². The third-order valence-electron chi connectivity index (χ3n) is 3.05. The Kier molecular flexibility index (Phi) is 4.18. The van der Waals surface area contributed by atoms with E-state index in [1.54, 1.807) is 26.8 Å². The predicted octanol–water partition coefficient (Wildman–Crippen LogP) is 1.31. The van der Waals surface area contributed by atoms with Gasteiger partial charge in [0.05, 0.1) is 5.25 Å². The lowest BCUT2D eigenvalue weighted by Crippen LogP contribution is -2.50. The molecule has 0 atom stereocenters. The van der Waals surface area contributed by atoms with Crippen LogP contribution in [0.2, 0.25) is 0 Å². The van der Waals surface area contributed by atoms with E-state index in [1.165, 1.54) is 12.4 Å². The number of nitrogens with one attached hydrogen (secondary N) is 1. The first-order chi connectivity index (χ1) is 9.68. The molecule has 2 rings (SSSR count). The lowest BCUT2D eigenvalue weighted by molar-refractivity contribution is 0.0481. The first-order valence-corrected chi connectivity index (χ1v) is 8.23. The number of alkyl carbamates (subject to hydrolysis) is 1. The van der Waals surface area contributed by atoms with E-state index in [4.69, 9.17) is 4.74 Å². The van der Waals surface area contributed by atoms with E-state index in [1.807, 2.05) is 0 Å². The number of nitrogens with zero attached hydrogens (tertiary/aromatic N) is 2. The standard InChI is InChI=1S/C13H19N3O4S/c1-13(2,3)20-12(17)16-9-7-10(8-9)21(18,19)11-14-5-4-6-15-11/h4-6,9-10H,7-8H2,1-3H3,(H,16,17). The summed E-state index contributed by atoms with van der Waals surface area (Å²) in [6.45, 7) is 5.31. The van der Waals surface area contributed by atoms with Gasteiger partial charge in [0.2, 0.25) is 15.0 Å². The molecule has 8 heteroatoms. The largest absolute Gasteiger partial charge is 0.444 e. The summed E-state index contributed by atoms with van der Waals surface area (Å²) in [6, 6.07) is 1.37. The summed E-state index contributed by atoms with van der Waals surface area (Å²) in [4.78, 5) is 19.1. The maximum Gasteiger partial charge on any atom is 0.407 e. The zero-order valence-corrected chi connectivity index (χ0v) is 13.1. The van der Waals surface area contributed by atoms with Gasteiger partial charge in [-0.3, -0.25) is 0 Å². The van der Waals surface area contributed by atoms with Gasteiger partial charge < -0.3 is 10.1 Å². The fraction of sp³-hybridized carbons (Fsp3) is 0.615. The first-order valence-electron chi connectivity index (χ1n) is 6.69. The Bertz CT molecular complexity index is 604. The second-order valence-electron chi connectivity index (χ2n) is 6.01. The summed E-state index contributed by atoms with van der Waals surface area (Å²) < 4.78 is 29.5. The van der Waals surface area contributed by atoms with Crippen molar-refractivity contribution in [2.24, 2.45) is 0 Å². The number of aromatic nitrogens is 2. The minimum atomic E-state index is -3.52. The summed E-state index contributed by atoms with van der Waals surface area (Å²) in [5.74, 6) is 0. The Morgan fingerprint density at radius 3 is 2.38 bits per heavy atom. The Hall–Kier alpha value is -1.70. The molecule has 1 fully saturated rings. The molecular formula is C13H19N3O4S. The van der Waals surface area contributed by atoms with Crippen molar-refractivity contribution in [3.8, 4) is 0 Å². The fourth-order valence-corrected chi connectivity index (χ4v) is 3.68. The van der Waals surface area contributed by atoms with Gasteiger partial charge in [-0.25, -0.2) is 23.2 Å². The van der Waals surface area contributed by atoms with Gasteiger partial charge in [-0.1, -0.05) is 0 Å². The molecule has 1 saturated carbocycles. The summed E-state index contributed by atoms with van der Waals surface area (Å²) in [5.41, 5.74) is -0.572. The Morgan fingerprint density at radius 1 is 1.29 bits per heavy atom. The molecule has 0 aliphatic heterocycles. The molecule has 1 amide bonds. The van der Waals surface area contributed by atoms with E-state index in [9.17, 15) is 13.2 Å². The summed E-state index contributed by atoms with van der Waals surface area (Å²) in [5, 5.41) is 1.94. The van der Waals surface area contributed by atoms with Gasteiger partial charge in [-0.15, -0.1) is 0 Å². The second-order valence-corrected chi connectivity index (χ2v) is 8.13. The van der Waals surface area contributed by atoms with E-state index in [0.29, 0.717) is 12.8 Å². The predicted molar refractivity (Wildman–Crippen MR) is 75.4 cm³/mol. The van der Waals surface area contributed by atoms with Crippen LogP contribution in [0.3, 0.4) is 0 Å². The van der Waals surface area contributed by atoms with Gasteiger partial charge in [-0.2, -0.15) is 0 Å². The molecule has 0 radical (unpaired) electrons. The molecule has 0 saturated heterocycles. The minimum absolute atomic E-state index is 0.161. The van der Waals surface area contributed by atoms with Crippen molar-refractivity contribution in [1.29, 1.82) is 0 Å². The molecule has 0 spiro atoms. The number of carbonyl (C=O) groups excluding carboxylic acids is 1. The highest BCUT2D eigenvalue weighted by Crippen LogP contribution is 2.30. The number of hydrogen-bond donors (Lipinski definition) is 1. The van der Waals surface area contributed by atoms with Crippen LogP contribution in [0.5, 0.6) is 0 Å². The summed E-state index contributed by atoms with van der Waals surface area (Å²) in [7, 11) is -3.52. The molecule has 7 nitrogen and oxygen atoms in total. The van der Waals surface area contributed by atoms with E-state index in [2.05, 4.69) is 15.3 Å². The highest BCUT2D eigenvalue weighted by molar-refractivity contribution is 7.91. The Balaban J connectivity index is 1.88. The Morgan fingerprint density at radius 2 is 1.86 bits per heavy atom. The minimum Gasteiger partial charge on any atom is -0.444 e. The number of ether oxygens (including phenoxy) is 1. The van der Waals surface area contributed by atoms with E-state index < -0.39 is 26.8 Å². The average Bonchev–Trinajstić information content (AvgIpc) is 2.32. The van der Waals surface area contributed by atoms with Crippen LogP contribution in [0.25, 0.3) is 0 Å². The van der Waals surface area contributed by atoms with Crippen LogP contribution in [-0.4, -0.2) is 41.4 Å². The van der Waals surface area contributed by atoms with Crippen LogP contribution in [0.4, 0.5) is 4.79 Å². The number of carbonyl (C=O) groups is 1. The van der Waals surface area contributed by atoms with Crippen LogP contribution >= 0.6 is 0 Å². The van der Waals surface area contributed by atoms with Crippen LogP contribution in [0, 0.1) is 0 Å². The van der Waals surface area contributed by atoms with Crippen molar-refractivity contribution in [3.05, 3.63) is 18.5 Å². The monoisotopic (exact) mass is 313 g/mol. The quantitative estimate of drug-likeness (QED) is 0.845. The number of hydrogen-bond acceptors (Lipinski definition) is 6. The van der Waals surface area contributed by atoms with Crippen molar-refractivity contribution < 1.29 is 17.9 Å². The van der Waals surface area contributed by atoms with Gasteiger partial charge >= 0.3 is 6.09 Å². The fourth-order valence-electron chi connectivity index (χ4n) is 1.99. The molecule has 1 aliphatic carbocycles. The van der Waals surface area contributed by atoms with Crippen LogP contribution in [0.15, 0.2) is 23.6 Å². The highest BCUT2D eigenvalue weighted by Gasteiger charge is 2.42. The maximum atomic E-state index is 12.2. The first kappa shape index (κ1) is 15.7. The lowest BCUT2D eigenvalue weighted by Gasteiger charge is -2.35. The number of rotatable bonds is 3. The van der Waals surface area contributed by atoms with Gasteiger partial charge in [-0.05, 0) is 39.7 Å². The molecular weight excluding hydrogens is 294 g/mol. The third-order valence-corrected chi connectivity index (χ3v) is 5.03. The van der Waals surface area contributed by atoms with Crippen LogP contribution < -0.4 is 5.32 Å². The van der Waals surface area contributed by atoms with Crippen molar-refractivity contribution in [2.75, 3.05) is 0 Å². The molecule has 1 aromatic rings. The molecule has 0 bridgehead atoms. The summed E-state index contributed by atoms with van der Waals surface area (Å²) >= 11 is 0. The van der Waals surface area contributed by atoms with Crippen LogP contribution in [0.1, 0.15) is 33.6 Å². The van der Waals surface area contributed by atoms with Gasteiger partial charge in [0, 0.05) is 18.4 Å². The number of amides is 1. The molecule has 116 valence electrons. The van der Waals surface area contributed by atoms with E-state index >= 15 is 0 Å². The average molecular weight is 313 g/mol. The smallest absolute Gasteiger partial charge is 0.407 e. The van der Waals surface area contributed by atoms with Gasteiger partial charge in [0.25, 0.3) is 0 Å². The van der Waals surface area contributed by atoms with Crippen LogP contribution in [-0.2, 0) is 14.6 Å². The van der Waals surface area contributed by atoms with Crippen molar-refractivity contribution >= 4 is 15.9 Å². The maximum absolute atomic E-state index is 12.2. The molecule has 1 N–H and O–H groups in total. The molecule has 1 aromatic heterocycles. The van der Waals surface area contributed by atoms with Crippen molar-refractivity contribution in [1.82, 2.24) is 15.3 Å². The third kappa shape index (κ3) is 3.90. The molecule has 21 heavy (non-hydrogen) atoms. The van der Waals surface area contributed by atoms with Crippen molar-refractivity contribution in [3.63, 3.8) is 0 Å². The van der Waals surface area contributed by atoms with E-state index in [0.717, 1.165) is 0 Å².